The van der Waals surface area contributed by atoms with Gasteiger partial charge in [0.1, 0.15) is 11.5 Å². The summed E-state index contributed by atoms with van der Waals surface area (Å²) in [6.07, 6.45) is 0. The number of para-hydroxylation sites is 1. The molecule has 0 aliphatic carbocycles. The van der Waals surface area contributed by atoms with E-state index in [0.717, 1.165) is 5.75 Å². The highest BCUT2D eigenvalue weighted by Crippen LogP contribution is 2.25. The molecular weight excluding hydrogens is 318 g/mol. The van der Waals surface area contributed by atoms with Crippen molar-refractivity contribution in [1.29, 1.82) is 0 Å². The van der Waals surface area contributed by atoms with Crippen molar-refractivity contribution in [1.82, 2.24) is 0 Å². The first-order chi connectivity index (χ1) is 9.45. The van der Waals surface area contributed by atoms with Crippen LogP contribution in [0.25, 0.3) is 0 Å². The van der Waals surface area contributed by atoms with Gasteiger partial charge in [-0.05, 0) is 38.1 Å². The molecule has 1 N–H and O–H groups in total. The van der Waals surface area contributed by atoms with E-state index in [-0.39, 0.29) is 5.91 Å². The molecule has 20 heavy (non-hydrogen) atoms. The van der Waals surface area contributed by atoms with Crippen LogP contribution in [-0.2, 0) is 4.79 Å². The molecule has 0 aromatic heterocycles. The molecular formula is C16H16BrNO2. The van der Waals surface area contributed by atoms with Crippen molar-refractivity contribution in [3.8, 4) is 11.5 Å². The van der Waals surface area contributed by atoms with Crippen molar-refractivity contribution in [3.63, 3.8) is 0 Å². The fraction of sp³-hybridized carbons (Fsp3) is 0.188. The number of carbonyl (C=O) groups excluding carboxylic acids is 1. The summed E-state index contributed by atoms with van der Waals surface area (Å²) in [7, 11) is 0. The summed E-state index contributed by atoms with van der Waals surface area (Å²) >= 11 is 3.33. The molecule has 4 heteroatoms. The third-order valence-electron chi connectivity index (χ3n) is 2.61. The summed E-state index contributed by atoms with van der Waals surface area (Å²) in [5.74, 6) is 1.34. The molecule has 3 nitrogen and oxygen atoms in total. The predicted octanol–water partition coefficient (Wildman–Crippen LogP) is 4.59. The van der Waals surface area contributed by atoms with Crippen LogP contribution in [0.15, 0.2) is 54.6 Å². The van der Waals surface area contributed by atoms with Gasteiger partial charge in [-0.1, -0.05) is 40.2 Å². The Bertz CT molecular complexity index is 591. The van der Waals surface area contributed by atoms with Crippen molar-refractivity contribution in [3.05, 3.63) is 54.6 Å². The second kappa shape index (κ2) is 6.09. The Morgan fingerprint density at radius 1 is 1.05 bits per heavy atom. The Balaban J connectivity index is 2.10. The first-order valence-corrected chi connectivity index (χ1v) is 7.08. The summed E-state index contributed by atoms with van der Waals surface area (Å²) in [6, 6.07) is 16.8. The lowest BCUT2D eigenvalue weighted by Gasteiger charge is -2.16. The van der Waals surface area contributed by atoms with Crippen LogP contribution in [0.4, 0.5) is 5.69 Å². The van der Waals surface area contributed by atoms with E-state index >= 15 is 0 Å². The number of nitrogens with one attached hydrogen (secondary N) is 1. The predicted molar refractivity (Wildman–Crippen MR) is 84.6 cm³/mol. The van der Waals surface area contributed by atoms with Crippen molar-refractivity contribution in [2.75, 3.05) is 5.32 Å². The van der Waals surface area contributed by atoms with E-state index in [9.17, 15) is 4.79 Å². The average molecular weight is 334 g/mol. The number of hydrogen-bond donors (Lipinski definition) is 1. The van der Waals surface area contributed by atoms with Crippen LogP contribution in [-0.4, -0.2) is 10.2 Å². The number of halogens is 1. The van der Waals surface area contributed by atoms with Crippen LogP contribution in [0, 0.1) is 0 Å². The second-order valence-corrected chi connectivity index (χ2v) is 6.85. The van der Waals surface area contributed by atoms with E-state index in [1.807, 2.05) is 48.5 Å². The summed E-state index contributed by atoms with van der Waals surface area (Å²) in [6.45, 7) is 3.60. The summed E-state index contributed by atoms with van der Waals surface area (Å²) in [4.78, 5) is 11.9. The third-order valence-corrected chi connectivity index (χ3v) is 2.97. The number of benzene rings is 2. The first-order valence-electron chi connectivity index (χ1n) is 6.28. The van der Waals surface area contributed by atoms with Crippen LogP contribution in [0.5, 0.6) is 11.5 Å². The second-order valence-electron chi connectivity index (χ2n) is 4.87. The zero-order valence-corrected chi connectivity index (χ0v) is 13.0. The van der Waals surface area contributed by atoms with Crippen molar-refractivity contribution < 1.29 is 9.53 Å². The van der Waals surface area contributed by atoms with Crippen LogP contribution < -0.4 is 10.1 Å². The number of hydrogen-bond acceptors (Lipinski definition) is 2. The number of amides is 1. The molecule has 1 amide bonds. The lowest BCUT2D eigenvalue weighted by molar-refractivity contribution is -0.117. The van der Waals surface area contributed by atoms with Gasteiger partial charge in [0, 0.05) is 11.8 Å². The molecule has 0 saturated carbocycles. The van der Waals surface area contributed by atoms with Gasteiger partial charge >= 0.3 is 0 Å². The van der Waals surface area contributed by atoms with E-state index in [2.05, 4.69) is 21.2 Å². The van der Waals surface area contributed by atoms with E-state index in [1.165, 1.54) is 0 Å². The fourth-order valence-corrected chi connectivity index (χ4v) is 1.64. The molecule has 0 atom stereocenters. The molecule has 0 aliphatic rings. The minimum atomic E-state index is -0.608. The van der Waals surface area contributed by atoms with Crippen LogP contribution in [0.3, 0.4) is 0 Å². The lowest BCUT2D eigenvalue weighted by atomic mass is 10.2. The van der Waals surface area contributed by atoms with Crippen molar-refractivity contribution in [2.45, 2.75) is 18.2 Å². The van der Waals surface area contributed by atoms with E-state index in [4.69, 9.17) is 4.74 Å². The minimum Gasteiger partial charge on any atom is -0.457 e. The highest BCUT2D eigenvalue weighted by Gasteiger charge is 2.23. The zero-order chi connectivity index (χ0) is 14.6. The Kier molecular flexibility index (Phi) is 4.45. The molecule has 0 saturated heterocycles. The molecule has 104 valence electrons. The summed E-state index contributed by atoms with van der Waals surface area (Å²) in [5.41, 5.74) is 0.705. The monoisotopic (exact) mass is 333 g/mol. The summed E-state index contributed by atoms with van der Waals surface area (Å²) in [5, 5.41) is 2.84. The Morgan fingerprint density at radius 3 is 2.35 bits per heavy atom. The molecule has 0 bridgehead atoms. The van der Waals surface area contributed by atoms with Crippen molar-refractivity contribution in [2.24, 2.45) is 0 Å². The smallest absolute Gasteiger partial charge is 0.240 e. The maximum atomic E-state index is 11.9. The molecule has 0 unspecified atom stereocenters. The molecule has 0 radical (unpaired) electrons. The Morgan fingerprint density at radius 2 is 1.70 bits per heavy atom. The van der Waals surface area contributed by atoms with Crippen LogP contribution >= 0.6 is 15.9 Å². The highest BCUT2D eigenvalue weighted by atomic mass is 79.9. The molecule has 0 fully saturated rings. The van der Waals surface area contributed by atoms with Gasteiger partial charge in [0.25, 0.3) is 0 Å². The standard InChI is InChI=1S/C16H16BrNO2/c1-16(2,17)15(19)18-12-7-6-10-14(11-12)20-13-8-4-3-5-9-13/h3-11H,1-2H3,(H,18,19). The largest absolute Gasteiger partial charge is 0.457 e. The van der Waals surface area contributed by atoms with E-state index in [1.54, 1.807) is 19.9 Å². The van der Waals surface area contributed by atoms with Gasteiger partial charge in [-0.15, -0.1) is 0 Å². The first kappa shape index (κ1) is 14.6. The van der Waals surface area contributed by atoms with Gasteiger partial charge in [-0.2, -0.15) is 0 Å². The Hall–Kier alpha value is -1.81. The molecule has 2 aromatic rings. The third kappa shape index (κ3) is 4.10. The number of ether oxygens (including phenoxy) is 1. The minimum absolute atomic E-state index is 0.102. The number of carbonyl (C=O) groups is 1. The zero-order valence-electron chi connectivity index (χ0n) is 11.4. The van der Waals surface area contributed by atoms with E-state index in [0.29, 0.717) is 11.4 Å². The average Bonchev–Trinajstić information content (AvgIpc) is 2.39. The van der Waals surface area contributed by atoms with Gasteiger partial charge in [0.2, 0.25) is 5.91 Å². The van der Waals surface area contributed by atoms with Gasteiger partial charge in [0.05, 0.1) is 4.32 Å². The topological polar surface area (TPSA) is 38.3 Å². The maximum Gasteiger partial charge on any atom is 0.240 e. The maximum absolute atomic E-state index is 11.9. The molecule has 0 spiro atoms. The Labute approximate surface area is 127 Å². The number of alkyl halides is 1. The quantitative estimate of drug-likeness (QED) is 0.831. The van der Waals surface area contributed by atoms with Crippen LogP contribution in [0.1, 0.15) is 13.8 Å². The fourth-order valence-electron chi connectivity index (χ4n) is 1.54. The van der Waals surface area contributed by atoms with Gasteiger partial charge in [-0.3, -0.25) is 4.79 Å². The summed E-state index contributed by atoms with van der Waals surface area (Å²) < 4.78 is 5.12. The van der Waals surface area contributed by atoms with Crippen molar-refractivity contribution >= 4 is 27.5 Å². The van der Waals surface area contributed by atoms with Crippen LogP contribution in [0.2, 0.25) is 0 Å². The molecule has 2 aromatic carbocycles. The van der Waals surface area contributed by atoms with Gasteiger partial charge < -0.3 is 10.1 Å². The number of rotatable bonds is 4. The van der Waals surface area contributed by atoms with Gasteiger partial charge in [0.15, 0.2) is 0 Å². The van der Waals surface area contributed by atoms with E-state index < -0.39 is 4.32 Å². The SMILES string of the molecule is CC(C)(Br)C(=O)Nc1cccc(Oc2ccccc2)c1. The molecule has 0 heterocycles. The highest BCUT2D eigenvalue weighted by molar-refractivity contribution is 9.10. The lowest BCUT2D eigenvalue weighted by Crippen LogP contribution is -2.30. The van der Waals surface area contributed by atoms with Gasteiger partial charge in [-0.25, -0.2) is 0 Å². The molecule has 2 rings (SSSR count). The normalized spacial score (nSPS) is 10.9. The number of anilines is 1. The molecule has 0 aliphatic heterocycles.